The van der Waals surface area contributed by atoms with Gasteiger partial charge in [0, 0.05) is 31.5 Å². The number of aryl methyl sites for hydroxylation is 1. The van der Waals surface area contributed by atoms with E-state index in [1.165, 1.54) is 11.1 Å². The Hall–Kier alpha value is -3.39. The Morgan fingerprint density at radius 3 is 2.70 bits per heavy atom. The number of nitrogens with one attached hydrogen (secondary N) is 2. The second kappa shape index (κ2) is 10.9. The molecule has 0 spiro atoms. The van der Waals surface area contributed by atoms with Crippen molar-refractivity contribution in [2.75, 3.05) is 26.7 Å². The molecular weight excluding hydrogens is 466 g/mol. The highest BCUT2D eigenvalue weighted by Gasteiger charge is 2.36. The predicted octanol–water partition coefficient (Wildman–Crippen LogP) is 4.02. The summed E-state index contributed by atoms with van der Waals surface area (Å²) in [6.45, 7) is 5.94. The number of imidazole rings is 1. The summed E-state index contributed by atoms with van der Waals surface area (Å²) in [5, 5.41) is 3.09. The smallest absolute Gasteiger partial charge is 0.326 e. The highest BCUT2D eigenvalue weighted by Crippen LogP contribution is 2.40. The molecule has 1 aromatic heterocycles. The summed E-state index contributed by atoms with van der Waals surface area (Å²) in [5.41, 5.74) is 4.45. The number of likely N-dealkylation sites (tertiary alicyclic amines) is 1. The van der Waals surface area contributed by atoms with Gasteiger partial charge in [0.15, 0.2) is 0 Å². The standard InChI is InChI=1S/C27H31N5O3.C2H6/c1-35-19-7-8-20-17(14-19)6-9-22-21(20)15-25(28-22)30-26(33)16-31-12-10-18(11-13-31)32-24-5-3-2-4-23(24)29-27(32)34;1-2/h2-5,7-8,14,18,21-22H,6,9-13,15-16H2,1H3,(H,29,34)(H,28,30,33);1-2H3. The summed E-state index contributed by atoms with van der Waals surface area (Å²) >= 11 is 0. The molecule has 0 radical (unpaired) electrons. The van der Waals surface area contributed by atoms with Gasteiger partial charge in [-0.3, -0.25) is 19.3 Å². The average Bonchev–Trinajstić information content (AvgIpc) is 3.49. The van der Waals surface area contributed by atoms with Crippen molar-refractivity contribution >= 4 is 22.8 Å². The Balaban J connectivity index is 0.00000137. The summed E-state index contributed by atoms with van der Waals surface area (Å²) < 4.78 is 7.27. The van der Waals surface area contributed by atoms with E-state index in [1.54, 1.807) is 7.11 Å². The first-order chi connectivity index (χ1) is 18.1. The van der Waals surface area contributed by atoms with E-state index in [4.69, 9.17) is 9.73 Å². The predicted molar refractivity (Wildman–Crippen MR) is 147 cm³/mol. The molecule has 1 fully saturated rings. The van der Waals surface area contributed by atoms with Gasteiger partial charge in [-0.2, -0.15) is 0 Å². The maximum Gasteiger partial charge on any atom is 0.326 e. The molecule has 3 aromatic rings. The van der Waals surface area contributed by atoms with Crippen molar-refractivity contribution in [2.24, 2.45) is 4.99 Å². The molecular formula is C29H37N5O3. The van der Waals surface area contributed by atoms with E-state index in [9.17, 15) is 9.59 Å². The molecule has 37 heavy (non-hydrogen) atoms. The second-order valence-electron chi connectivity index (χ2n) is 9.93. The molecule has 2 unspecified atom stereocenters. The lowest BCUT2D eigenvalue weighted by atomic mass is 9.79. The van der Waals surface area contributed by atoms with Crippen LogP contribution < -0.4 is 15.7 Å². The number of methoxy groups -OCH3 is 1. The lowest BCUT2D eigenvalue weighted by Crippen LogP contribution is -2.44. The summed E-state index contributed by atoms with van der Waals surface area (Å²) in [7, 11) is 1.70. The van der Waals surface area contributed by atoms with Crippen molar-refractivity contribution < 1.29 is 9.53 Å². The summed E-state index contributed by atoms with van der Waals surface area (Å²) in [4.78, 5) is 35.3. The molecule has 2 N–H and O–H groups in total. The zero-order valence-electron chi connectivity index (χ0n) is 22.0. The van der Waals surface area contributed by atoms with Crippen LogP contribution in [-0.4, -0.2) is 59.0 Å². The number of aliphatic imine (C=N–C) groups is 1. The van der Waals surface area contributed by atoms with Gasteiger partial charge in [-0.05, 0) is 61.1 Å². The van der Waals surface area contributed by atoms with E-state index in [0.29, 0.717) is 12.5 Å². The lowest BCUT2D eigenvalue weighted by molar-refractivity contribution is -0.121. The third kappa shape index (κ3) is 5.07. The number of benzene rings is 2. The number of amidine groups is 1. The minimum atomic E-state index is -0.0527. The molecule has 6 rings (SSSR count). The lowest BCUT2D eigenvalue weighted by Gasteiger charge is -2.32. The fraction of sp³-hybridized carbons (Fsp3) is 0.483. The fourth-order valence-electron chi connectivity index (χ4n) is 6.12. The van der Waals surface area contributed by atoms with Crippen molar-refractivity contribution in [1.82, 2.24) is 19.8 Å². The largest absolute Gasteiger partial charge is 0.497 e. The Morgan fingerprint density at radius 1 is 1.14 bits per heavy atom. The Kier molecular flexibility index (Phi) is 7.46. The summed E-state index contributed by atoms with van der Waals surface area (Å²) in [6.07, 6.45) is 4.47. The number of H-pyrrole nitrogens is 1. The van der Waals surface area contributed by atoms with Gasteiger partial charge >= 0.3 is 5.69 Å². The highest BCUT2D eigenvalue weighted by atomic mass is 16.5. The van der Waals surface area contributed by atoms with E-state index in [-0.39, 0.29) is 23.7 Å². The molecule has 3 heterocycles. The van der Waals surface area contributed by atoms with E-state index in [1.807, 2.05) is 48.7 Å². The molecule has 2 atom stereocenters. The number of para-hydroxylation sites is 2. The van der Waals surface area contributed by atoms with Crippen molar-refractivity contribution in [3.05, 3.63) is 64.1 Å². The molecule has 8 nitrogen and oxygen atoms in total. The van der Waals surface area contributed by atoms with Crippen LogP contribution in [0.15, 0.2) is 52.3 Å². The minimum absolute atomic E-state index is 0.0000579. The van der Waals surface area contributed by atoms with Gasteiger partial charge < -0.3 is 15.0 Å². The first-order valence-electron chi connectivity index (χ1n) is 13.5. The molecule has 2 aromatic carbocycles. The van der Waals surface area contributed by atoms with Crippen LogP contribution >= 0.6 is 0 Å². The molecule has 0 bridgehead atoms. The van der Waals surface area contributed by atoms with Crippen LogP contribution in [0.25, 0.3) is 11.0 Å². The van der Waals surface area contributed by atoms with Gasteiger partial charge in [-0.15, -0.1) is 0 Å². The van der Waals surface area contributed by atoms with Gasteiger partial charge in [0.1, 0.15) is 11.6 Å². The number of fused-ring (bicyclic) bond motifs is 4. The zero-order chi connectivity index (χ0) is 25.9. The average molecular weight is 504 g/mol. The fourth-order valence-corrected chi connectivity index (χ4v) is 6.12. The number of nitrogens with zero attached hydrogens (tertiary/aromatic N) is 3. The summed E-state index contributed by atoms with van der Waals surface area (Å²) in [6, 6.07) is 14.5. The molecule has 1 aliphatic carbocycles. The topological polar surface area (TPSA) is 91.7 Å². The molecule has 3 aliphatic rings. The van der Waals surface area contributed by atoms with Gasteiger partial charge in [0.2, 0.25) is 5.91 Å². The van der Waals surface area contributed by atoms with Crippen molar-refractivity contribution in [3.8, 4) is 5.75 Å². The summed E-state index contributed by atoms with van der Waals surface area (Å²) in [5.74, 6) is 2.05. The van der Waals surface area contributed by atoms with Crippen LogP contribution in [0.3, 0.4) is 0 Å². The zero-order valence-corrected chi connectivity index (χ0v) is 22.0. The number of piperidine rings is 1. The van der Waals surface area contributed by atoms with Crippen molar-refractivity contribution in [3.63, 3.8) is 0 Å². The molecule has 1 amide bonds. The van der Waals surface area contributed by atoms with Crippen LogP contribution in [0, 0.1) is 0 Å². The monoisotopic (exact) mass is 503 g/mol. The molecule has 8 heteroatoms. The normalized spacial score (nSPS) is 21.4. The van der Waals surface area contributed by atoms with Crippen LogP contribution in [-0.2, 0) is 11.2 Å². The first kappa shape index (κ1) is 25.3. The number of amides is 1. The quantitative estimate of drug-likeness (QED) is 0.563. The van der Waals surface area contributed by atoms with Crippen LogP contribution in [0.4, 0.5) is 0 Å². The number of carbonyl (C=O) groups excluding carboxylic acids is 1. The highest BCUT2D eigenvalue weighted by molar-refractivity contribution is 6.00. The number of aromatic amines is 1. The van der Waals surface area contributed by atoms with Crippen molar-refractivity contribution in [1.29, 1.82) is 0 Å². The number of rotatable bonds is 4. The molecule has 1 saturated heterocycles. The SMILES string of the molecule is CC.COc1ccc2c(c1)CCC1N=C(NC(=O)CN3CCC(n4c(=O)[nH]c5ccccc54)CC3)CC21. The van der Waals surface area contributed by atoms with E-state index in [0.717, 1.165) is 67.8 Å². The Bertz CT molecular complexity index is 1350. The molecule has 196 valence electrons. The van der Waals surface area contributed by atoms with Gasteiger partial charge in [0.05, 0.1) is 30.7 Å². The first-order valence-corrected chi connectivity index (χ1v) is 13.5. The van der Waals surface area contributed by atoms with E-state index >= 15 is 0 Å². The third-order valence-corrected chi connectivity index (χ3v) is 7.86. The molecule has 0 saturated carbocycles. The number of hydrogen-bond acceptors (Lipinski definition) is 5. The van der Waals surface area contributed by atoms with E-state index in [2.05, 4.69) is 27.3 Å². The Labute approximate surface area is 217 Å². The van der Waals surface area contributed by atoms with Crippen molar-refractivity contribution in [2.45, 2.75) is 64.0 Å². The molecule has 2 aliphatic heterocycles. The van der Waals surface area contributed by atoms with Gasteiger partial charge in [-0.1, -0.05) is 32.0 Å². The second-order valence-corrected chi connectivity index (χ2v) is 9.93. The number of carbonyl (C=O) groups is 1. The Morgan fingerprint density at radius 2 is 1.92 bits per heavy atom. The maximum absolute atomic E-state index is 12.8. The third-order valence-electron chi connectivity index (χ3n) is 7.86. The van der Waals surface area contributed by atoms with Crippen LogP contribution in [0.5, 0.6) is 5.75 Å². The van der Waals surface area contributed by atoms with E-state index < -0.39 is 0 Å². The van der Waals surface area contributed by atoms with Gasteiger partial charge in [0.25, 0.3) is 0 Å². The minimum Gasteiger partial charge on any atom is -0.497 e. The van der Waals surface area contributed by atoms with Crippen LogP contribution in [0.2, 0.25) is 0 Å². The van der Waals surface area contributed by atoms with Crippen LogP contribution in [0.1, 0.15) is 62.6 Å². The number of ether oxygens (including phenoxy) is 1. The maximum atomic E-state index is 12.8. The van der Waals surface area contributed by atoms with Gasteiger partial charge in [-0.25, -0.2) is 4.79 Å². The number of hydrogen-bond donors (Lipinski definition) is 2. The number of aromatic nitrogens is 2.